The van der Waals surface area contributed by atoms with Crippen molar-refractivity contribution >= 4 is 5.97 Å². The predicted molar refractivity (Wildman–Crippen MR) is 62.3 cm³/mol. The smallest absolute Gasteiger partial charge is 0.305 e. The van der Waals surface area contributed by atoms with E-state index in [-0.39, 0.29) is 12.8 Å². The molecule has 0 unspecified atom stereocenters. The standard InChI is InChI=1S/C13H16O4/c1-9-6-7-10(4-3-5-11(14)15-2)13-12(9)16-8-17-13/h6-7H,3-5,8H2,1-2H3. The molecule has 1 aliphatic rings. The first-order valence-electron chi connectivity index (χ1n) is 5.67. The molecule has 4 heteroatoms. The van der Waals surface area contributed by atoms with Gasteiger partial charge in [-0.2, -0.15) is 0 Å². The summed E-state index contributed by atoms with van der Waals surface area (Å²) in [6, 6.07) is 4.04. The van der Waals surface area contributed by atoms with Crippen molar-refractivity contribution in [3.63, 3.8) is 0 Å². The van der Waals surface area contributed by atoms with Crippen molar-refractivity contribution in [3.05, 3.63) is 23.3 Å². The van der Waals surface area contributed by atoms with E-state index >= 15 is 0 Å². The highest BCUT2D eigenvalue weighted by molar-refractivity contribution is 5.69. The maximum absolute atomic E-state index is 11.0. The van der Waals surface area contributed by atoms with Crippen molar-refractivity contribution in [2.75, 3.05) is 13.9 Å². The third-order valence-electron chi connectivity index (χ3n) is 2.85. The number of carbonyl (C=O) groups is 1. The van der Waals surface area contributed by atoms with Crippen molar-refractivity contribution in [2.24, 2.45) is 0 Å². The van der Waals surface area contributed by atoms with E-state index in [1.807, 2.05) is 19.1 Å². The van der Waals surface area contributed by atoms with Gasteiger partial charge >= 0.3 is 5.97 Å². The number of rotatable bonds is 4. The molecular formula is C13H16O4. The van der Waals surface area contributed by atoms with E-state index in [2.05, 4.69) is 4.74 Å². The lowest BCUT2D eigenvalue weighted by Gasteiger charge is -2.07. The molecule has 17 heavy (non-hydrogen) atoms. The number of aryl methyl sites for hydroxylation is 2. The maximum Gasteiger partial charge on any atom is 0.305 e. The minimum absolute atomic E-state index is 0.175. The number of ether oxygens (including phenoxy) is 3. The second kappa shape index (κ2) is 5.08. The Balaban J connectivity index is 2.02. The molecule has 0 aromatic heterocycles. The van der Waals surface area contributed by atoms with E-state index in [0.717, 1.165) is 35.5 Å². The van der Waals surface area contributed by atoms with Crippen LogP contribution in [0.15, 0.2) is 12.1 Å². The van der Waals surface area contributed by atoms with Gasteiger partial charge in [-0.1, -0.05) is 12.1 Å². The third-order valence-corrected chi connectivity index (χ3v) is 2.85. The number of hydrogen-bond acceptors (Lipinski definition) is 4. The quantitative estimate of drug-likeness (QED) is 0.752. The zero-order valence-electron chi connectivity index (χ0n) is 10.1. The van der Waals surface area contributed by atoms with Gasteiger partial charge in [0.1, 0.15) is 0 Å². The van der Waals surface area contributed by atoms with Crippen LogP contribution < -0.4 is 9.47 Å². The van der Waals surface area contributed by atoms with Crippen molar-refractivity contribution in [1.82, 2.24) is 0 Å². The van der Waals surface area contributed by atoms with E-state index in [4.69, 9.17) is 9.47 Å². The Kier molecular flexibility index (Phi) is 3.52. The summed E-state index contributed by atoms with van der Waals surface area (Å²) in [5, 5.41) is 0. The number of esters is 1. The molecule has 0 atom stereocenters. The SMILES string of the molecule is COC(=O)CCCc1ccc(C)c2c1OCO2. The molecule has 1 aliphatic heterocycles. The Hall–Kier alpha value is -1.71. The lowest BCUT2D eigenvalue weighted by Crippen LogP contribution is -2.01. The highest BCUT2D eigenvalue weighted by atomic mass is 16.7. The van der Waals surface area contributed by atoms with Gasteiger partial charge in [0, 0.05) is 6.42 Å². The van der Waals surface area contributed by atoms with E-state index < -0.39 is 0 Å². The first kappa shape index (κ1) is 11.8. The number of hydrogen-bond donors (Lipinski definition) is 0. The molecule has 0 saturated carbocycles. The Bertz CT molecular complexity index is 426. The van der Waals surface area contributed by atoms with Crippen molar-refractivity contribution in [3.8, 4) is 11.5 Å². The fourth-order valence-corrected chi connectivity index (χ4v) is 1.91. The first-order chi connectivity index (χ1) is 8.22. The predicted octanol–water partition coefficient (Wildman–Crippen LogP) is 2.22. The zero-order chi connectivity index (χ0) is 12.3. The fraction of sp³-hybridized carbons (Fsp3) is 0.462. The van der Waals surface area contributed by atoms with Crippen LogP contribution in [0.25, 0.3) is 0 Å². The van der Waals surface area contributed by atoms with Crippen LogP contribution in [0.4, 0.5) is 0 Å². The summed E-state index contributed by atoms with van der Waals surface area (Å²) in [7, 11) is 1.41. The first-order valence-corrected chi connectivity index (χ1v) is 5.67. The molecule has 0 aliphatic carbocycles. The Morgan fingerprint density at radius 1 is 1.35 bits per heavy atom. The van der Waals surface area contributed by atoms with Crippen LogP contribution in [0, 0.1) is 6.92 Å². The summed E-state index contributed by atoms with van der Waals surface area (Å²) in [4.78, 5) is 11.0. The number of fused-ring (bicyclic) bond motifs is 1. The number of methoxy groups -OCH3 is 1. The summed E-state index contributed by atoms with van der Waals surface area (Å²) in [5.74, 6) is 1.49. The van der Waals surface area contributed by atoms with E-state index in [9.17, 15) is 4.79 Å². The summed E-state index contributed by atoms with van der Waals surface area (Å²) in [6.07, 6.45) is 1.98. The van der Waals surface area contributed by atoms with Crippen molar-refractivity contribution in [2.45, 2.75) is 26.2 Å². The monoisotopic (exact) mass is 236 g/mol. The molecule has 0 saturated heterocycles. The van der Waals surface area contributed by atoms with Crippen LogP contribution in [0.3, 0.4) is 0 Å². The molecule has 2 rings (SSSR count). The Labute approximate surface area is 100 Å². The van der Waals surface area contributed by atoms with Gasteiger partial charge in [0.25, 0.3) is 0 Å². The van der Waals surface area contributed by atoms with Gasteiger partial charge in [-0.25, -0.2) is 0 Å². The molecule has 0 N–H and O–H groups in total. The average molecular weight is 236 g/mol. The van der Waals surface area contributed by atoms with Gasteiger partial charge in [-0.15, -0.1) is 0 Å². The minimum Gasteiger partial charge on any atom is -0.469 e. The summed E-state index contributed by atoms with van der Waals surface area (Å²) in [5.41, 5.74) is 2.17. The minimum atomic E-state index is -0.175. The van der Waals surface area contributed by atoms with Crippen LogP contribution in [0.1, 0.15) is 24.0 Å². The van der Waals surface area contributed by atoms with Gasteiger partial charge in [0.15, 0.2) is 11.5 Å². The van der Waals surface area contributed by atoms with Crippen molar-refractivity contribution < 1.29 is 19.0 Å². The van der Waals surface area contributed by atoms with Crippen molar-refractivity contribution in [1.29, 1.82) is 0 Å². The van der Waals surface area contributed by atoms with Crippen LogP contribution in [0.2, 0.25) is 0 Å². The highest BCUT2D eigenvalue weighted by Crippen LogP contribution is 2.39. The molecule has 1 heterocycles. The highest BCUT2D eigenvalue weighted by Gasteiger charge is 2.19. The molecule has 92 valence electrons. The molecular weight excluding hydrogens is 220 g/mol. The molecule has 0 bridgehead atoms. The van der Waals surface area contributed by atoms with Gasteiger partial charge in [0.05, 0.1) is 7.11 Å². The second-order valence-electron chi connectivity index (χ2n) is 4.04. The molecule has 0 radical (unpaired) electrons. The summed E-state index contributed by atoms with van der Waals surface area (Å²) in [6.45, 7) is 2.27. The number of benzene rings is 1. The van der Waals surface area contributed by atoms with Crippen LogP contribution in [0.5, 0.6) is 11.5 Å². The Morgan fingerprint density at radius 2 is 2.12 bits per heavy atom. The average Bonchev–Trinajstić information content (AvgIpc) is 2.82. The fourth-order valence-electron chi connectivity index (χ4n) is 1.91. The Morgan fingerprint density at radius 3 is 2.88 bits per heavy atom. The summed E-state index contributed by atoms with van der Waals surface area (Å²) >= 11 is 0. The lowest BCUT2D eigenvalue weighted by molar-refractivity contribution is -0.140. The molecule has 0 spiro atoms. The van der Waals surface area contributed by atoms with Crippen LogP contribution in [-0.2, 0) is 16.0 Å². The topological polar surface area (TPSA) is 44.8 Å². The maximum atomic E-state index is 11.0. The van der Waals surface area contributed by atoms with Crippen LogP contribution >= 0.6 is 0 Å². The van der Waals surface area contributed by atoms with Gasteiger partial charge in [0.2, 0.25) is 6.79 Å². The lowest BCUT2D eigenvalue weighted by atomic mass is 10.0. The normalized spacial score (nSPS) is 12.6. The van der Waals surface area contributed by atoms with Crippen LogP contribution in [-0.4, -0.2) is 19.9 Å². The molecule has 0 fully saturated rings. The van der Waals surface area contributed by atoms with Gasteiger partial charge in [-0.05, 0) is 30.9 Å². The van der Waals surface area contributed by atoms with Gasteiger partial charge < -0.3 is 14.2 Å². The molecule has 1 aromatic carbocycles. The summed E-state index contributed by atoms with van der Waals surface area (Å²) < 4.78 is 15.5. The van der Waals surface area contributed by atoms with E-state index in [1.165, 1.54) is 7.11 Å². The zero-order valence-corrected chi connectivity index (χ0v) is 10.1. The molecule has 0 amide bonds. The number of carbonyl (C=O) groups excluding carboxylic acids is 1. The molecule has 1 aromatic rings. The van der Waals surface area contributed by atoms with Gasteiger partial charge in [-0.3, -0.25) is 4.79 Å². The van der Waals surface area contributed by atoms with E-state index in [1.54, 1.807) is 0 Å². The third kappa shape index (κ3) is 2.52. The van der Waals surface area contributed by atoms with E-state index in [0.29, 0.717) is 6.42 Å². The molecule has 4 nitrogen and oxygen atoms in total. The largest absolute Gasteiger partial charge is 0.469 e. The second-order valence-corrected chi connectivity index (χ2v) is 4.04.